The van der Waals surface area contributed by atoms with Crippen LogP contribution in [0.3, 0.4) is 0 Å². The van der Waals surface area contributed by atoms with Gasteiger partial charge in [-0.3, -0.25) is 0 Å². The van der Waals surface area contributed by atoms with Gasteiger partial charge in [0.1, 0.15) is 0 Å². The van der Waals surface area contributed by atoms with Gasteiger partial charge >= 0.3 is 0 Å². The van der Waals surface area contributed by atoms with Crippen LogP contribution in [0.1, 0.15) is 23.5 Å². The van der Waals surface area contributed by atoms with Gasteiger partial charge in [-0.1, -0.05) is 46.3 Å². The summed E-state index contributed by atoms with van der Waals surface area (Å²) in [6.45, 7) is -0.331. The largest absolute Gasteiger partial charge is 0.361 e. The van der Waals surface area contributed by atoms with Crippen molar-refractivity contribution in [1.29, 1.82) is 0 Å². The number of hydrogen-bond acceptors (Lipinski definition) is 1. The highest BCUT2D eigenvalue weighted by atomic mass is 79.9. The maximum Gasteiger partial charge on any atom is 0.0654 e. The van der Waals surface area contributed by atoms with E-state index in [-0.39, 0.29) is 0 Å². The Hall–Kier alpha value is -1.02. The summed E-state index contributed by atoms with van der Waals surface area (Å²) in [5, 5.41) is 3.13. The summed E-state index contributed by atoms with van der Waals surface area (Å²) in [5.41, 5.74) is 2.51. The molecule has 2 rings (SSSR count). The number of allylic oxidation sites excluding steroid dienone is 2. The van der Waals surface area contributed by atoms with E-state index in [4.69, 9.17) is 4.11 Å². The number of dihydropyridines is 1. The fourth-order valence-corrected chi connectivity index (χ4v) is 1.77. The second-order valence-corrected chi connectivity index (χ2v) is 4.86. The summed E-state index contributed by atoms with van der Waals surface area (Å²) >= 11 is 3.37. The zero-order chi connectivity index (χ0) is 13.4. The van der Waals surface area contributed by atoms with E-state index >= 15 is 0 Å². The molecule has 0 aliphatic carbocycles. The van der Waals surface area contributed by atoms with Crippen molar-refractivity contribution in [2.24, 2.45) is 0 Å². The zero-order valence-electron chi connectivity index (χ0n) is 11.4. The van der Waals surface area contributed by atoms with Crippen LogP contribution in [0.15, 0.2) is 48.2 Å². The van der Waals surface area contributed by atoms with E-state index in [1.165, 1.54) is 0 Å². The van der Waals surface area contributed by atoms with Crippen molar-refractivity contribution in [2.75, 3.05) is 0 Å². The number of hydrogen-bond donors (Lipinski definition) is 1. The van der Waals surface area contributed by atoms with Crippen LogP contribution in [-0.4, -0.2) is 4.32 Å². The van der Waals surface area contributed by atoms with Gasteiger partial charge in [-0.15, -0.1) is 0 Å². The Morgan fingerprint density at radius 3 is 2.73 bits per heavy atom. The number of alkyl halides is 1. The highest BCUT2D eigenvalue weighted by Crippen LogP contribution is 2.33. The molecule has 2 heteroatoms. The smallest absolute Gasteiger partial charge is 0.0654 e. The Morgan fingerprint density at radius 2 is 2.07 bits per heavy atom. The highest BCUT2D eigenvalue weighted by Gasteiger charge is 2.23. The average Bonchev–Trinajstić information content (AvgIpc) is 2.32. The molecule has 78 valence electrons. The quantitative estimate of drug-likeness (QED) is 0.765. The molecule has 1 aromatic carbocycles. The first-order chi connectivity index (χ1) is 8.34. The van der Waals surface area contributed by atoms with Crippen molar-refractivity contribution in [1.82, 2.24) is 5.32 Å². The Labute approximate surface area is 103 Å². The lowest BCUT2D eigenvalue weighted by molar-refractivity contribution is 0.896. The van der Waals surface area contributed by atoms with Gasteiger partial charge in [0.15, 0.2) is 0 Å². The van der Waals surface area contributed by atoms with Crippen LogP contribution in [-0.2, 0) is 0 Å². The van der Waals surface area contributed by atoms with Crippen LogP contribution in [0.5, 0.6) is 0 Å². The normalized spacial score (nSPS) is 29.1. The van der Waals surface area contributed by atoms with Gasteiger partial charge in [-0.25, -0.2) is 0 Å². The Balaban J connectivity index is 2.46. The van der Waals surface area contributed by atoms with Crippen molar-refractivity contribution in [2.45, 2.75) is 18.1 Å². The number of benzene rings is 1. The molecule has 1 aliphatic rings. The van der Waals surface area contributed by atoms with Crippen LogP contribution in [0.2, 0.25) is 0 Å². The molecule has 1 atom stereocenters. The van der Waals surface area contributed by atoms with Crippen LogP contribution in [0.25, 0.3) is 5.70 Å². The topological polar surface area (TPSA) is 12.0 Å². The molecule has 0 aromatic heterocycles. The van der Waals surface area contributed by atoms with Crippen LogP contribution < -0.4 is 5.32 Å². The van der Waals surface area contributed by atoms with Gasteiger partial charge in [0.05, 0.1) is 4.32 Å². The highest BCUT2D eigenvalue weighted by molar-refractivity contribution is 9.10. The SMILES string of the molecule is [2H]C([2H])([2H])C1(Br)C=C(c2ccccc2)NC=C1C. The summed E-state index contributed by atoms with van der Waals surface area (Å²) in [6.07, 6.45) is 3.47. The van der Waals surface area contributed by atoms with Gasteiger partial charge in [0.2, 0.25) is 0 Å². The summed E-state index contributed by atoms with van der Waals surface area (Å²) in [4.78, 5) is 0. The molecule has 0 amide bonds. The van der Waals surface area contributed by atoms with Crippen LogP contribution in [0, 0.1) is 0 Å². The third-order valence-corrected chi connectivity index (χ3v) is 3.30. The van der Waals surface area contributed by atoms with E-state index in [1.807, 2.05) is 30.3 Å². The van der Waals surface area contributed by atoms with Gasteiger partial charge in [0, 0.05) is 16.0 Å². The zero-order valence-corrected chi connectivity index (χ0v) is 10.0. The summed E-state index contributed by atoms with van der Waals surface area (Å²) in [6, 6.07) is 9.67. The van der Waals surface area contributed by atoms with E-state index in [0.717, 1.165) is 16.8 Å². The molecule has 0 radical (unpaired) electrons. The summed E-state index contributed by atoms with van der Waals surface area (Å²) < 4.78 is 21.9. The molecule has 1 nitrogen and oxygen atoms in total. The minimum atomic E-state index is -2.13. The van der Waals surface area contributed by atoms with Gasteiger partial charge < -0.3 is 5.32 Å². The standard InChI is InChI=1S/C13H14BrN/c1-10-9-15-12(8-13(10,2)14)11-6-4-3-5-7-11/h3-9,15H,1-2H3/i2D3. The number of rotatable bonds is 1. The molecule has 0 spiro atoms. The fourth-order valence-electron chi connectivity index (χ4n) is 1.43. The molecule has 1 aromatic rings. The summed E-state index contributed by atoms with van der Waals surface area (Å²) in [7, 11) is 0. The Kier molecular flexibility index (Phi) is 1.87. The molecular formula is C13H14BrN. The van der Waals surface area contributed by atoms with Crippen molar-refractivity contribution >= 4 is 21.6 Å². The average molecular weight is 267 g/mol. The molecule has 1 unspecified atom stereocenters. The lowest BCUT2D eigenvalue weighted by Crippen LogP contribution is -2.23. The third-order valence-electron chi connectivity index (χ3n) is 2.45. The predicted molar refractivity (Wildman–Crippen MR) is 68.6 cm³/mol. The first-order valence-corrected chi connectivity index (χ1v) is 5.55. The minimum absolute atomic E-state index is 0.738. The predicted octanol–water partition coefficient (Wildman–Crippen LogP) is 3.69. The monoisotopic (exact) mass is 266 g/mol. The molecule has 1 heterocycles. The maximum atomic E-state index is 7.68. The van der Waals surface area contributed by atoms with Gasteiger partial charge in [-0.05, 0) is 31.0 Å². The summed E-state index contributed by atoms with van der Waals surface area (Å²) in [5.74, 6) is 0. The molecule has 0 fully saturated rings. The first-order valence-electron chi connectivity index (χ1n) is 6.25. The first kappa shape index (κ1) is 7.29. The lowest BCUT2D eigenvalue weighted by atomic mass is 9.97. The third kappa shape index (κ3) is 2.15. The molecule has 0 saturated heterocycles. The molecule has 1 N–H and O–H groups in total. The number of halogens is 1. The van der Waals surface area contributed by atoms with Crippen molar-refractivity contribution in [3.8, 4) is 0 Å². The van der Waals surface area contributed by atoms with E-state index in [9.17, 15) is 0 Å². The number of nitrogens with one attached hydrogen (secondary N) is 1. The Morgan fingerprint density at radius 1 is 1.33 bits per heavy atom. The lowest BCUT2D eigenvalue weighted by Gasteiger charge is -2.26. The molecular weight excluding hydrogens is 250 g/mol. The second-order valence-electron chi connectivity index (χ2n) is 3.61. The van der Waals surface area contributed by atoms with Crippen molar-refractivity contribution in [3.05, 3.63) is 53.7 Å². The second kappa shape index (κ2) is 3.86. The molecule has 0 bridgehead atoms. The fraction of sp³-hybridized carbons (Fsp3) is 0.231. The van der Waals surface area contributed by atoms with Crippen molar-refractivity contribution in [3.63, 3.8) is 0 Å². The van der Waals surface area contributed by atoms with Gasteiger partial charge in [-0.2, -0.15) is 0 Å². The minimum Gasteiger partial charge on any atom is -0.361 e. The maximum absolute atomic E-state index is 7.68. The van der Waals surface area contributed by atoms with E-state index in [2.05, 4.69) is 21.2 Å². The van der Waals surface area contributed by atoms with Crippen LogP contribution in [0.4, 0.5) is 0 Å². The van der Waals surface area contributed by atoms with Gasteiger partial charge in [0.25, 0.3) is 0 Å². The molecule has 0 saturated carbocycles. The van der Waals surface area contributed by atoms with E-state index in [1.54, 1.807) is 19.2 Å². The Bertz CT molecular complexity index is 505. The van der Waals surface area contributed by atoms with E-state index in [0.29, 0.717) is 0 Å². The molecule has 15 heavy (non-hydrogen) atoms. The van der Waals surface area contributed by atoms with Crippen LogP contribution >= 0.6 is 15.9 Å². The van der Waals surface area contributed by atoms with Crippen molar-refractivity contribution < 1.29 is 4.11 Å². The van der Waals surface area contributed by atoms with E-state index < -0.39 is 11.2 Å². The molecule has 1 aliphatic heterocycles.